The minimum Gasteiger partial charge on any atom is -0.394 e. The molecule has 0 aromatic heterocycles. The van der Waals surface area contributed by atoms with Crippen LogP contribution in [0.15, 0.2) is 0 Å². The first kappa shape index (κ1) is 32.2. The smallest absolute Gasteiger partial charge is 0.187 e. The largest absolute Gasteiger partial charge is 0.394 e. The van der Waals surface area contributed by atoms with Crippen molar-refractivity contribution in [3.8, 4) is 0 Å². The Hall–Kier alpha value is -0.720. The molecule has 0 aromatic rings. The summed E-state index contributed by atoms with van der Waals surface area (Å²) in [5, 5.41) is 102. The van der Waals surface area contributed by atoms with E-state index in [1.807, 2.05) is 0 Å². The van der Waals surface area contributed by atoms with Crippen molar-refractivity contribution in [1.29, 1.82) is 0 Å². The molecule has 0 saturated carbocycles. The van der Waals surface area contributed by atoms with Gasteiger partial charge in [0.1, 0.15) is 79.4 Å². The Balaban J connectivity index is 1.39. The molecule has 1 unspecified atom stereocenters. The van der Waals surface area contributed by atoms with Gasteiger partial charge in [0, 0.05) is 7.11 Å². The Labute approximate surface area is 227 Å². The van der Waals surface area contributed by atoms with E-state index in [0.29, 0.717) is 0 Å². The Morgan fingerprint density at radius 2 is 1.15 bits per heavy atom. The van der Waals surface area contributed by atoms with Gasteiger partial charge in [-0.05, 0) is 0 Å². The molecule has 0 bridgehead atoms. The maximum atomic E-state index is 10.7. The number of hydrogen-bond acceptors (Lipinski definition) is 18. The molecule has 4 aliphatic rings. The van der Waals surface area contributed by atoms with Crippen molar-refractivity contribution in [3.63, 3.8) is 0 Å². The van der Waals surface area contributed by atoms with E-state index in [2.05, 4.69) is 0 Å². The predicted molar refractivity (Wildman–Crippen MR) is 121 cm³/mol. The molecule has 10 N–H and O–H groups in total. The Bertz CT molecular complexity index is 791. The van der Waals surface area contributed by atoms with Gasteiger partial charge in [-0.3, -0.25) is 0 Å². The van der Waals surface area contributed by atoms with Crippen LogP contribution in [0.2, 0.25) is 0 Å². The summed E-state index contributed by atoms with van der Waals surface area (Å²) < 4.78 is 43.1. The highest BCUT2D eigenvalue weighted by Gasteiger charge is 2.51. The van der Waals surface area contributed by atoms with Crippen molar-refractivity contribution >= 4 is 0 Å². The van der Waals surface area contributed by atoms with Crippen LogP contribution in [0.25, 0.3) is 0 Å². The first-order valence-corrected chi connectivity index (χ1v) is 12.7. The number of aliphatic hydroxyl groups excluding tert-OH is 10. The molecular formula is C22H38O18. The molecule has 4 rings (SSSR count). The Morgan fingerprint density at radius 1 is 0.575 bits per heavy atom. The highest BCUT2D eigenvalue weighted by Crippen LogP contribution is 2.31. The van der Waals surface area contributed by atoms with Gasteiger partial charge < -0.3 is 89.0 Å². The minimum atomic E-state index is -1.75. The van der Waals surface area contributed by atoms with Gasteiger partial charge in [0.25, 0.3) is 0 Å². The van der Waals surface area contributed by atoms with Gasteiger partial charge in [-0.15, -0.1) is 0 Å². The molecular weight excluding hydrogens is 552 g/mol. The van der Waals surface area contributed by atoms with E-state index in [1.165, 1.54) is 7.11 Å². The van der Waals surface area contributed by atoms with Gasteiger partial charge >= 0.3 is 0 Å². The summed E-state index contributed by atoms with van der Waals surface area (Å²) in [5.74, 6) is 0. The predicted octanol–water partition coefficient (Wildman–Crippen LogP) is -7.18. The number of hydrogen-bond donors (Lipinski definition) is 10. The summed E-state index contributed by atoms with van der Waals surface area (Å²) >= 11 is 0. The maximum absolute atomic E-state index is 10.7. The van der Waals surface area contributed by atoms with Crippen LogP contribution in [0.1, 0.15) is 0 Å². The van der Waals surface area contributed by atoms with Crippen LogP contribution in [0.5, 0.6) is 0 Å². The van der Waals surface area contributed by atoms with Crippen molar-refractivity contribution in [3.05, 3.63) is 0 Å². The fraction of sp³-hybridized carbons (Fsp3) is 1.00. The number of rotatable bonds is 8. The fourth-order valence-corrected chi connectivity index (χ4v) is 4.89. The zero-order valence-corrected chi connectivity index (χ0v) is 21.4. The summed E-state index contributed by atoms with van der Waals surface area (Å²) in [6, 6.07) is 0. The van der Waals surface area contributed by atoms with Crippen LogP contribution >= 0.6 is 0 Å². The zero-order chi connectivity index (χ0) is 29.3. The molecule has 0 amide bonds. The topological polar surface area (TPSA) is 276 Å². The van der Waals surface area contributed by atoms with Crippen molar-refractivity contribution in [2.75, 3.05) is 33.5 Å². The maximum Gasteiger partial charge on any atom is 0.187 e. The lowest BCUT2D eigenvalue weighted by Crippen LogP contribution is -2.64. The second kappa shape index (κ2) is 13.7. The molecule has 17 atom stereocenters. The SMILES string of the molecule is CO[C@H]1[C@H](O)[C@@H](O)[C@@H](O[C@H]2[C@H](O[C@@H]3CO[C@@H](O[C@@H]4COC(O)[C@H](O)[C@H]4O)[C@H](O)[C@H]3O)OC[C@@H](O)[C@@H]2O)O[C@@H]1CO. The Morgan fingerprint density at radius 3 is 1.80 bits per heavy atom. The Kier molecular flexibility index (Phi) is 11.0. The van der Waals surface area contributed by atoms with Gasteiger partial charge in [0.15, 0.2) is 25.2 Å². The zero-order valence-electron chi connectivity index (χ0n) is 21.4. The van der Waals surface area contributed by atoms with Gasteiger partial charge in [-0.2, -0.15) is 0 Å². The lowest BCUT2D eigenvalue weighted by Gasteiger charge is -2.46. The fourth-order valence-electron chi connectivity index (χ4n) is 4.89. The van der Waals surface area contributed by atoms with E-state index in [-0.39, 0.29) is 6.61 Å². The molecule has 0 aromatic carbocycles. The van der Waals surface area contributed by atoms with Crippen LogP contribution in [-0.2, 0) is 37.9 Å². The molecule has 4 aliphatic heterocycles. The van der Waals surface area contributed by atoms with E-state index in [1.54, 1.807) is 0 Å². The number of methoxy groups -OCH3 is 1. The molecule has 4 heterocycles. The van der Waals surface area contributed by atoms with Gasteiger partial charge in [-0.25, -0.2) is 0 Å². The van der Waals surface area contributed by atoms with Crippen molar-refractivity contribution in [1.82, 2.24) is 0 Å². The third-order valence-electron chi connectivity index (χ3n) is 7.32. The lowest BCUT2D eigenvalue weighted by atomic mass is 9.98. The summed E-state index contributed by atoms with van der Waals surface area (Å²) in [4.78, 5) is 0. The molecule has 4 saturated heterocycles. The van der Waals surface area contributed by atoms with Gasteiger partial charge in [0.05, 0.1) is 26.4 Å². The third kappa shape index (κ3) is 6.59. The van der Waals surface area contributed by atoms with Crippen molar-refractivity contribution < 1.29 is 89.0 Å². The van der Waals surface area contributed by atoms with E-state index in [4.69, 9.17) is 37.9 Å². The molecule has 0 radical (unpaired) electrons. The average Bonchev–Trinajstić information content (AvgIpc) is 2.94. The highest BCUT2D eigenvalue weighted by molar-refractivity contribution is 4.93. The van der Waals surface area contributed by atoms with E-state index >= 15 is 0 Å². The highest BCUT2D eigenvalue weighted by atomic mass is 16.8. The van der Waals surface area contributed by atoms with Crippen LogP contribution in [0, 0.1) is 0 Å². The van der Waals surface area contributed by atoms with Crippen LogP contribution < -0.4 is 0 Å². The number of aliphatic hydroxyl groups is 10. The van der Waals surface area contributed by atoms with Crippen LogP contribution in [-0.4, -0.2) is 189 Å². The van der Waals surface area contributed by atoms with E-state index in [9.17, 15) is 51.1 Å². The number of ether oxygens (including phenoxy) is 8. The summed E-state index contributed by atoms with van der Waals surface area (Å²) in [6.07, 6.45) is -25.6. The lowest BCUT2D eigenvalue weighted by molar-refractivity contribution is -0.375. The minimum absolute atomic E-state index is 0.344. The first-order chi connectivity index (χ1) is 19.0. The monoisotopic (exact) mass is 590 g/mol. The van der Waals surface area contributed by atoms with Crippen molar-refractivity contribution in [2.24, 2.45) is 0 Å². The third-order valence-corrected chi connectivity index (χ3v) is 7.32. The van der Waals surface area contributed by atoms with Crippen molar-refractivity contribution in [2.45, 2.75) is 105 Å². The van der Waals surface area contributed by atoms with Crippen LogP contribution in [0.3, 0.4) is 0 Å². The molecule has 234 valence electrons. The molecule has 40 heavy (non-hydrogen) atoms. The molecule has 0 spiro atoms. The molecule has 18 nitrogen and oxygen atoms in total. The quantitative estimate of drug-likeness (QED) is 0.126. The van der Waals surface area contributed by atoms with Gasteiger partial charge in [0.2, 0.25) is 0 Å². The normalized spacial score (nSPS) is 52.4. The van der Waals surface area contributed by atoms with E-state index in [0.717, 1.165) is 0 Å². The summed E-state index contributed by atoms with van der Waals surface area (Å²) in [5.41, 5.74) is 0. The van der Waals surface area contributed by atoms with E-state index < -0.39 is 124 Å². The first-order valence-electron chi connectivity index (χ1n) is 12.7. The molecule has 4 fully saturated rings. The standard InChI is InChI=1S/C22H38O18/c1-33-17-7(2-23)37-21(16(31)13(17)28)40-18-10(25)6(24)3-35-22(18)39-9-5-36-20(15(30)12(9)27)38-8-4-34-19(32)14(29)11(8)26/h6-32H,2-5H2,1H3/t6-,7-,8-,9-,10+,11+,12+,13-,14-,15-,16-,17-,18-,19?,20+,21-,22+/m1/s1. The molecule has 18 heteroatoms. The van der Waals surface area contributed by atoms with Gasteiger partial charge in [-0.1, -0.05) is 0 Å². The average molecular weight is 591 g/mol. The summed E-state index contributed by atoms with van der Waals surface area (Å²) in [7, 11) is 1.24. The van der Waals surface area contributed by atoms with Crippen LogP contribution in [0.4, 0.5) is 0 Å². The second-order valence-corrected chi connectivity index (χ2v) is 10.0. The second-order valence-electron chi connectivity index (χ2n) is 10.0. The molecule has 0 aliphatic carbocycles. The summed E-state index contributed by atoms with van der Waals surface area (Å²) in [6.45, 7) is -1.78.